The van der Waals surface area contributed by atoms with Crippen LogP contribution in [0.15, 0.2) is 23.1 Å². The van der Waals surface area contributed by atoms with Crippen LogP contribution in [0.5, 0.6) is 0 Å². The van der Waals surface area contributed by atoms with Gasteiger partial charge in [-0.15, -0.1) is 11.8 Å². The monoisotopic (exact) mass is 222 g/mol. The first-order chi connectivity index (χ1) is 6.81. The van der Waals surface area contributed by atoms with Gasteiger partial charge in [0.1, 0.15) is 5.78 Å². The van der Waals surface area contributed by atoms with E-state index in [9.17, 15) is 4.79 Å². The highest BCUT2D eigenvalue weighted by Crippen LogP contribution is 2.33. The van der Waals surface area contributed by atoms with Gasteiger partial charge in [0, 0.05) is 4.90 Å². The van der Waals surface area contributed by atoms with Crippen LogP contribution in [0, 0.1) is 13.8 Å². The van der Waals surface area contributed by atoms with Gasteiger partial charge < -0.3 is 0 Å². The third kappa shape index (κ3) is 3.38. The smallest absolute Gasteiger partial charge is 0.145 e. The van der Waals surface area contributed by atoms with E-state index < -0.39 is 0 Å². The van der Waals surface area contributed by atoms with Gasteiger partial charge in [0.2, 0.25) is 0 Å². The van der Waals surface area contributed by atoms with E-state index in [0.717, 1.165) is 0 Å². The van der Waals surface area contributed by atoms with Crippen LogP contribution in [0.2, 0.25) is 0 Å². The van der Waals surface area contributed by atoms with Crippen LogP contribution in [-0.4, -0.2) is 10.5 Å². The Morgan fingerprint density at radius 3 is 2.00 bits per heavy atom. The van der Waals surface area contributed by atoms with Crippen molar-refractivity contribution in [3.05, 3.63) is 29.3 Å². The number of hydrogen-bond donors (Lipinski definition) is 0. The molecule has 82 valence electrons. The molecule has 0 spiro atoms. The number of Topliss-reactive ketones (excluding diaryl/α,β-unsaturated/α-hetero) is 1. The fourth-order valence-electron chi connectivity index (χ4n) is 1.36. The van der Waals surface area contributed by atoms with Crippen LogP contribution < -0.4 is 0 Å². The molecule has 1 aromatic rings. The first kappa shape index (κ1) is 12.3. The molecule has 0 radical (unpaired) electrons. The van der Waals surface area contributed by atoms with Crippen molar-refractivity contribution in [2.45, 2.75) is 44.3 Å². The Bertz CT molecular complexity index is 360. The molecular weight excluding hydrogens is 204 g/mol. The summed E-state index contributed by atoms with van der Waals surface area (Å²) in [5.41, 5.74) is 2.49. The van der Waals surface area contributed by atoms with E-state index in [2.05, 4.69) is 32.0 Å². The molecule has 0 saturated heterocycles. The van der Waals surface area contributed by atoms with E-state index in [1.165, 1.54) is 16.0 Å². The number of carbonyl (C=O) groups excluding carboxylic acids is 1. The van der Waals surface area contributed by atoms with Crippen molar-refractivity contribution in [1.82, 2.24) is 0 Å². The van der Waals surface area contributed by atoms with Gasteiger partial charge in [-0.25, -0.2) is 0 Å². The number of benzene rings is 1. The van der Waals surface area contributed by atoms with Gasteiger partial charge >= 0.3 is 0 Å². The summed E-state index contributed by atoms with van der Waals surface area (Å²) < 4.78 is -0.333. The third-order valence-corrected chi connectivity index (χ3v) is 3.69. The third-order valence-electron chi connectivity index (χ3n) is 2.42. The number of thioether (sulfide) groups is 1. The lowest BCUT2D eigenvalue weighted by Gasteiger charge is -2.20. The van der Waals surface area contributed by atoms with E-state index in [1.807, 2.05) is 13.8 Å². The molecule has 1 nitrogen and oxygen atoms in total. The zero-order valence-corrected chi connectivity index (χ0v) is 10.9. The van der Waals surface area contributed by atoms with Crippen molar-refractivity contribution in [3.63, 3.8) is 0 Å². The number of carbonyl (C=O) groups is 1. The molecule has 2 heteroatoms. The summed E-state index contributed by atoms with van der Waals surface area (Å²) >= 11 is 1.63. The summed E-state index contributed by atoms with van der Waals surface area (Å²) in [4.78, 5) is 12.6. The number of hydrogen-bond acceptors (Lipinski definition) is 2. The summed E-state index contributed by atoms with van der Waals surface area (Å²) in [6.45, 7) is 9.75. The van der Waals surface area contributed by atoms with Crippen LogP contribution in [-0.2, 0) is 4.79 Å². The van der Waals surface area contributed by atoms with E-state index >= 15 is 0 Å². The Kier molecular flexibility index (Phi) is 3.61. The Balaban J connectivity index is 2.94. The Morgan fingerprint density at radius 1 is 1.13 bits per heavy atom. The minimum Gasteiger partial charge on any atom is -0.298 e. The van der Waals surface area contributed by atoms with Gasteiger partial charge in [0.25, 0.3) is 0 Å². The second kappa shape index (κ2) is 4.40. The first-order valence-electron chi connectivity index (χ1n) is 5.09. The molecule has 0 aromatic heterocycles. The molecule has 0 aliphatic carbocycles. The van der Waals surface area contributed by atoms with Crippen molar-refractivity contribution >= 4 is 17.5 Å². The highest BCUT2D eigenvalue weighted by Gasteiger charge is 2.24. The highest BCUT2D eigenvalue weighted by atomic mass is 32.2. The Labute approximate surface area is 96.3 Å². The number of aryl methyl sites for hydroxylation is 2. The topological polar surface area (TPSA) is 17.1 Å². The molecule has 0 saturated carbocycles. The molecule has 0 aliphatic heterocycles. The SMILES string of the molecule is CC(=O)C(C)(C)Sc1cc(C)cc(C)c1. The second-order valence-corrected chi connectivity index (χ2v) is 6.19. The van der Waals surface area contributed by atoms with Crippen molar-refractivity contribution < 1.29 is 4.79 Å². The lowest BCUT2D eigenvalue weighted by molar-refractivity contribution is -0.118. The molecule has 0 fully saturated rings. The normalized spacial score (nSPS) is 11.5. The fourth-order valence-corrected chi connectivity index (χ4v) is 2.58. The molecule has 0 aliphatic rings. The quantitative estimate of drug-likeness (QED) is 0.724. The lowest BCUT2D eigenvalue weighted by Crippen LogP contribution is -2.24. The van der Waals surface area contributed by atoms with Crippen LogP contribution in [0.4, 0.5) is 0 Å². The molecule has 1 rings (SSSR count). The number of ketones is 1. The molecule has 15 heavy (non-hydrogen) atoms. The van der Waals surface area contributed by atoms with Gasteiger partial charge in [0.05, 0.1) is 4.75 Å². The summed E-state index contributed by atoms with van der Waals surface area (Å²) in [6, 6.07) is 6.40. The maximum absolute atomic E-state index is 11.4. The predicted octanol–water partition coefficient (Wildman–Crippen LogP) is 3.76. The first-order valence-corrected chi connectivity index (χ1v) is 5.91. The van der Waals surface area contributed by atoms with Gasteiger partial charge in [0.15, 0.2) is 0 Å². The van der Waals surface area contributed by atoms with Gasteiger partial charge in [-0.05, 0) is 57.9 Å². The minimum absolute atomic E-state index is 0.214. The summed E-state index contributed by atoms with van der Waals surface area (Å²) in [5.74, 6) is 0.214. The maximum atomic E-state index is 11.4. The average Bonchev–Trinajstić information content (AvgIpc) is 1.99. The second-order valence-electron chi connectivity index (χ2n) is 4.49. The van der Waals surface area contributed by atoms with Crippen LogP contribution in [0.1, 0.15) is 31.9 Å². The zero-order chi connectivity index (χ0) is 11.6. The van der Waals surface area contributed by atoms with Crippen LogP contribution >= 0.6 is 11.8 Å². The average molecular weight is 222 g/mol. The largest absolute Gasteiger partial charge is 0.298 e. The Hall–Kier alpha value is -0.760. The molecule has 0 unspecified atom stereocenters. The van der Waals surface area contributed by atoms with Gasteiger partial charge in [-0.1, -0.05) is 6.07 Å². The van der Waals surface area contributed by atoms with Crippen molar-refractivity contribution in [2.24, 2.45) is 0 Å². The van der Waals surface area contributed by atoms with E-state index in [0.29, 0.717) is 0 Å². The van der Waals surface area contributed by atoms with Crippen LogP contribution in [0.3, 0.4) is 0 Å². The maximum Gasteiger partial charge on any atom is 0.145 e. The lowest BCUT2D eigenvalue weighted by atomic mass is 10.1. The summed E-state index contributed by atoms with van der Waals surface area (Å²) in [6.07, 6.45) is 0. The van der Waals surface area contributed by atoms with E-state index in [1.54, 1.807) is 18.7 Å². The molecule has 0 N–H and O–H groups in total. The molecule has 0 bridgehead atoms. The van der Waals surface area contributed by atoms with Crippen molar-refractivity contribution in [1.29, 1.82) is 0 Å². The molecule has 0 amide bonds. The molecule has 1 aromatic carbocycles. The van der Waals surface area contributed by atoms with Crippen molar-refractivity contribution in [3.8, 4) is 0 Å². The van der Waals surface area contributed by atoms with E-state index in [4.69, 9.17) is 0 Å². The van der Waals surface area contributed by atoms with Crippen molar-refractivity contribution in [2.75, 3.05) is 0 Å². The molecule has 0 atom stereocenters. The summed E-state index contributed by atoms with van der Waals surface area (Å²) in [7, 11) is 0. The molecular formula is C13H18OS. The number of rotatable bonds is 3. The summed E-state index contributed by atoms with van der Waals surface area (Å²) in [5, 5.41) is 0. The van der Waals surface area contributed by atoms with Gasteiger partial charge in [-0.3, -0.25) is 4.79 Å². The minimum atomic E-state index is -0.333. The standard InChI is InChI=1S/C13H18OS/c1-9-6-10(2)8-12(7-9)15-13(4,5)11(3)14/h6-8H,1-5H3. The molecule has 0 heterocycles. The van der Waals surface area contributed by atoms with E-state index in [-0.39, 0.29) is 10.5 Å². The fraction of sp³-hybridized carbons (Fsp3) is 0.462. The van der Waals surface area contributed by atoms with Crippen LogP contribution in [0.25, 0.3) is 0 Å². The van der Waals surface area contributed by atoms with Gasteiger partial charge in [-0.2, -0.15) is 0 Å². The highest BCUT2D eigenvalue weighted by molar-refractivity contribution is 8.01. The predicted molar refractivity (Wildman–Crippen MR) is 66.5 cm³/mol. The zero-order valence-electron chi connectivity index (χ0n) is 10.0. The Morgan fingerprint density at radius 2 is 1.60 bits per heavy atom.